The molecule has 0 spiro atoms. The van der Waals surface area contributed by atoms with Gasteiger partial charge in [-0.3, -0.25) is 0 Å². The molecule has 0 N–H and O–H groups in total. The van der Waals surface area contributed by atoms with Crippen molar-refractivity contribution in [3.05, 3.63) is 11.6 Å². The third-order valence-corrected chi connectivity index (χ3v) is 3.46. The molecule has 0 radical (unpaired) electrons. The van der Waals surface area contributed by atoms with Gasteiger partial charge >= 0.3 is 0 Å². The molecule has 2 unspecified atom stereocenters. The van der Waals surface area contributed by atoms with Crippen LogP contribution in [0.2, 0.25) is 0 Å². The number of halogens is 1. The standard InChI is InChI=1S/C13H23Cl/c1-5-6-10(2)11-7-12(14)9-13(3,4)8-11/h7,10,12H,5-6,8-9H2,1-4H3. The SMILES string of the molecule is CCCC(C)C1=CC(Cl)CC(C)(C)C1. The summed E-state index contributed by atoms with van der Waals surface area (Å²) in [6, 6.07) is 0. The van der Waals surface area contributed by atoms with E-state index in [1.165, 1.54) is 19.3 Å². The number of allylic oxidation sites excluding steroid dienone is 2. The van der Waals surface area contributed by atoms with Crippen molar-refractivity contribution in [3.8, 4) is 0 Å². The highest BCUT2D eigenvalue weighted by molar-refractivity contribution is 6.21. The average Bonchev–Trinajstić information content (AvgIpc) is 2.00. The molecule has 1 heteroatoms. The highest BCUT2D eigenvalue weighted by atomic mass is 35.5. The Morgan fingerprint density at radius 1 is 1.57 bits per heavy atom. The zero-order chi connectivity index (χ0) is 10.8. The lowest BCUT2D eigenvalue weighted by atomic mass is 9.73. The van der Waals surface area contributed by atoms with Crippen LogP contribution in [0.25, 0.3) is 0 Å². The first-order valence-corrected chi connectivity index (χ1v) is 6.23. The highest BCUT2D eigenvalue weighted by Crippen LogP contribution is 2.40. The van der Waals surface area contributed by atoms with Gasteiger partial charge in [0.1, 0.15) is 0 Å². The van der Waals surface area contributed by atoms with E-state index in [9.17, 15) is 0 Å². The van der Waals surface area contributed by atoms with Gasteiger partial charge in [-0.25, -0.2) is 0 Å². The minimum atomic E-state index is 0.257. The lowest BCUT2D eigenvalue weighted by Crippen LogP contribution is -2.24. The van der Waals surface area contributed by atoms with Crippen LogP contribution in [0.5, 0.6) is 0 Å². The van der Waals surface area contributed by atoms with Crippen molar-refractivity contribution in [1.29, 1.82) is 0 Å². The third kappa shape index (κ3) is 3.31. The topological polar surface area (TPSA) is 0 Å². The normalized spacial score (nSPS) is 28.4. The number of hydrogen-bond acceptors (Lipinski definition) is 0. The van der Waals surface area contributed by atoms with Gasteiger partial charge in [0.15, 0.2) is 0 Å². The van der Waals surface area contributed by atoms with E-state index in [0.29, 0.717) is 5.41 Å². The summed E-state index contributed by atoms with van der Waals surface area (Å²) in [4.78, 5) is 0. The molecule has 1 aliphatic carbocycles. The molecule has 82 valence electrons. The van der Waals surface area contributed by atoms with E-state index in [-0.39, 0.29) is 5.38 Å². The Labute approximate surface area is 93.7 Å². The zero-order valence-electron chi connectivity index (χ0n) is 9.94. The van der Waals surface area contributed by atoms with Gasteiger partial charge in [0.25, 0.3) is 0 Å². The lowest BCUT2D eigenvalue weighted by molar-refractivity contribution is 0.306. The Balaban J connectivity index is 2.68. The fraction of sp³-hybridized carbons (Fsp3) is 0.846. The van der Waals surface area contributed by atoms with Gasteiger partial charge in [-0.2, -0.15) is 0 Å². The molecule has 14 heavy (non-hydrogen) atoms. The molecule has 0 saturated carbocycles. The summed E-state index contributed by atoms with van der Waals surface area (Å²) in [5.74, 6) is 0.723. The summed E-state index contributed by atoms with van der Waals surface area (Å²) in [5, 5.41) is 0.257. The molecule has 0 aromatic rings. The van der Waals surface area contributed by atoms with Crippen LogP contribution in [0.3, 0.4) is 0 Å². The van der Waals surface area contributed by atoms with Crippen LogP contribution in [0, 0.1) is 11.3 Å². The number of rotatable bonds is 3. The summed E-state index contributed by atoms with van der Waals surface area (Å²) < 4.78 is 0. The molecule has 0 bridgehead atoms. The van der Waals surface area contributed by atoms with Crippen LogP contribution in [0.1, 0.15) is 53.4 Å². The Hall–Kier alpha value is 0.0300. The molecule has 0 nitrogen and oxygen atoms in total. The van der Waals surface area contributed by atoms with E-state index in [2.05, 4.69) is 33.8 Å². The molecule has 0 saturated heterocycles. The minimum absolute atomic E-state index is 0.257. The fourth-order valence-electron chi connectivity index (χ4n) is 2.46. The van der Waals surface area contributed by atoms with Crippen LogP contribution in [0.4, 0.5) is 0 Å². The minimum Gasteiger partial charge on any atom is -0.118 e. The molecule has 2 atom stereocenters. The number of alkyl halides is 1. The van der Waals surface area contributed by atoms with Crippen LogP contribution in [-0.2, 0) is 0 Å². The molecule has 0 aromatic carbocycles. The van der Waals surface area contributed by atoms with E-state index in [1.807, 2.05) is 0 Å². The molecule has 0 heterocycles. The molecule has 1 rings (SSSR count). The van der Waals surface area contributed by atoms with Crippen molar-refractivity contribution in [2.45, 2.75) is 58.8 Å². The maximum absolute atomic E-state index is 6.26. The van der Waals surface area contributed by atoms with Crippen molar-refractivity contribution < 1.29 is 0 Å². The highest BCUT2D eigenvalue weighted by Gasteiger charge is 2.29. The largest absolute Gasteiger partial charge is 0.118 e. The van der Waals surface area contributed by atoms with Crippen molar-refractivity contribution in [2.75, 3.05) is 0 Å². The maximum atomic E-state index is 6.26. The van der Waals surface area contributed by atoms with Gasteiger partial charge in [-0.1, -0.05) is 45.8 Å². The van der Waals surface area contributed by atoms with Gasteiger partial charge < -0.3 is 0 Å². The first-order chi connectivity index (χ1) is 6.44. The third-order valence-electron chi connectivity index (χ3n) is 3.18. The fourth-order valence-corrected chi connectivity index (χ4v) is 3.04. The molecule has 0 fully saturated rings. The van der Waals surface area contributed by atoms with E-state index in [0.717, 1.165) is 12.3 Å². The average molecular weight is 215 g/mol. The van der Waals surface area contributed by atoms with Crippen molar-refractivity contribution in [2.24, 2.45) is 11.3 Å². The number of hydrogen-bond donors (Lipinski definition) is 0. The maximum Gasteiger partial charge on any atom is 0.0523 e. The monoisotopic (exact) mass is 214 g/mol. The first kappa shape index (κ1) is 12.1. The summed E-state index contributed by atoms with van der Waals surface area (Å²) in [6.07, 6.45) is 7.22. The summed E-state index contributed by atoms with van der Waals surface area (Å²) in [7, 11) is 0. The smallest absolute Gasteiger partial charge is 0.0523 e. The molecule has 0 aliphatic heterocycles. The predicted molar refractivity (Wildman–Crippen MR) is 64.8 cm³/mol. The molecule has 0 amide bonds. The van der Waals surface area contributed by atoms with Gasteiger partial charge in [0, 0.05) is 0 Å². The predicted octanol–water partition coefficient (Wildman–Crippen LogP) is 4.78. The van der Waals surface area contributed by atoms with Gasteiger partial charge in [0.2, 0.25) is 0 Å². The Morgan fingerprint density at radius 3 is 2.71 bits per heavy atom. The van der Waals surface area contributed by atoms with Gasteiger partial charge in [0.05, 0.1) is 5.38 Å². The van der Waals surface area contributed by atoms with E-state index in [1.54, 1.807) is 5.57 Å². The van der Waals surface area contributed by atoms with Crippen molar-refractivity contribution >= 4 is 11.6 Å². The second-order valence-electron chi connectivity index (χ2n) is 5.49. The summed E-state index contributed by atoms with van der Waals surface area (Å²) >= 11 is 6.26. The second kappa shape index (κ2) is 4.70. The zero-order valence-corrected chi connectivity index (χ0v) is 10.7. The van der Waals surface area contributed by atoms with E-state index < -0.39 is 0 Å². The van der Waals surface area contributed by atoms with E-state index >= 15 is 0 Å². The molecule has 1 aliphatic rings. The van der Waals surface area contributed by atoms with Crippen LogP contribution in [-0.4, -0.2) is 5.38 Å². The summed E-state index contributed by atoms with van der Waals surface area (Å²) in [6.45, 7) is 9.24. The second-order valence-corrected chi connectivity index (χ2v) is 6.05. The van der Waals surface area contributed by atoms with Crippen LogP contribution < -0.4 is 0 Å². The Bertz CT molecular complexity index is 215. The summed E-state index contributed by atoms with van der Waals surface area (Å²) in [5.41, 5.74) is 1.99. The van der Waals surface area contributed by atoms with Gasteiger partial charge in [-0.05, 0) is 30.6 Å². The van der Waals surface area contributed by atoms with Crippen LogP contribution >= 0.6 is 11.6 Å². The van der Waals surface area contributed by atoms with Gasteiger partial charge in [-0.15, -0.1) is 11.6 Å². The quantitative estimate of drug-likeness (QED) is 0.469. The Morgan fingerprint density at radius 2 is 2.21 bits per heavy atom. The Kier molecular flexibility index (Phi) is 4.06. The van der Waals surface area contributed by atoms with E-state index in [4.69, 9.17) is 11.6 Å². The van der Waals surface area contributed by atoms with Crippen molar-refractivity contribution in [3.63, 3.8) is 0 Å². The molecule has 0 aromatic heterocycles. The lowest BCUT2D eigenvalue weighted by Gasteiger charge is -2.34. The first-order valence-electron chi connectivity index (χ1n) is 5.79. The molecular formula is C13H23Cl. The molecular weight excluding hydrogens is 192 g/mol. The van der Waals surface area contributed by atoms with Crippen molar-refractivity contribution in [1.82, 2.24) is 0 Å². The van der Waals surface area contributed by atoms with Crippen LogP contribution in [0.15, 0.2) is 11.6 Å².